The minimum atomic E-state index is -0.274. The summed E-state index contributed by atoms with van der Waals surface area (Å²) in [5, 5.41) is 14.4. The number of hydrogen-bond acceptors (Lipinski definition) is 7. The van der Waals surface area contributed by atoms with Crippen LogP contribution < -0.4 is 15.5 Å². The van der Waals surface area contributed by atoms with Crippen LogP contribution in [0.25, 0.3) is 11.3 Å². The first-order valence-corrected chi connectivity index (χ1v) is 12.5. The van der Waals surface area contributed by atoms with E-state index in [2.05, 4.69) is 49.8 Å². The normalized spacial score (nSPS) is 18.0. The highest BCUT2D eigenvalue weighted by Gasteiger charge is 2.29. The van der Waals surface area contributed by atoms with E-state index in [1.165, 1.54) is 31.4 Å². The molecule has 2 aliphatic heterocycles. The van der Waals surface area contributed by atoms with E-state index < -0.39 is 0 Å². The van der Waals surface area contributed by atoms with Crippen LogP contribution in [0.2, 0.25) is 0 Å². The molecule has 3 aromatic rings. The van der Waals surface area contributed by atoms with Crippen LogP contribution >= 0.6 is 0 Å². The van der Waals surface area contributed by atoms with Gasteiger partial charge < -0.3 is 20.3 Å². The molecular formula is C28H30N6O2. The van der Waals surface area contributed by atoms with E-state index >= 15 is 0 Å². The number of anilines is 3. The molecule has 1 amide bonds. The average Bonchev–Trinajstić information content (AvgIpc) is 3.48. The van der Waals surface area contributed by atoms with Crippen LogP contribution in [0.1, 0.15) is 36.0 Å². The SMILES string of the molecule is N#CCNC(=O)c1ccc(-c2ccnc(Nc3ccc(N4CCC(C5CCCO5)CC4)cc3)n2)cc1. The van der Waals surface area contributed by atoms with Crippen LogP contribution in [-0.2, 0) is 4.74 Å². The molecule has 1 aromatic heterocycles. The maximum absolute atomic E-state index is 12.0. The van der Waals surface area contributed by atoms with Gasteiger partial charge in [-0.2, -0.15) is 5.26 Å². The molecule has 0 saturated carbocycles. The maximum Gasteiger partial charge on any atom is 0.252 e. The summed E-state index contributed by atoms with van der Waals surface area (Å²) in [6, 6.07) is 19.3. The Morgan fingerprint density at radius 3 is 2.53 bits per heavy atom. The second kappa shape index (κ2) is 11.2. The number of benzene rings is 2. The first-order valence-electron chi connectivity index (χ1n) is 12.5. The number of carbonyl (C=O) groups is 1. The number of carbonyl (C=O) groups excluding carboxylic acids is 1. The lowest BCUT2D eigenvalue weighted by Crippen LogP contribution is -2.37. The summed E-state index contributed by atoms with van der Waals surface area (Å²) in [5.74, 6) is 0.934. The molecule has 2 fully saturated rings. The number of rotatable bonds is 7. The molecule has 0 aliphatic carbocycles. The number of amides is 1. The second-order valence-electron chi connectivity index (χ2n) is 9.23. The molecule has 2 aliphatic rings. The van der Waals surface area contributed by atoms with Gasteiger partial charge in [0.05, 0.1) is 17.9 Å². The average molecular weight is 483 g/mol. The molecule has 2 aromatic carbocycles. The molecule has 8 nitrogen and oxygen atoms in total. The van der Waals surface area contributed by atoms with Gasteiger partial charge >= 0.3 is 0 Å². The van der Waals surface area contributed by atoms with Gasteiger partial charge in [0, 0.05) is 48.4 Å². The van der Waals surface area contributed by atoms with Crippen molar-refractivity contribution in [3.05, 3.63) is 66.4 Å². The smallest absolute Gasteiger partial charge is 0.252 e. The van der Waals surface area contributed by atoms with Gasteiger partial charge in [-0.05, 0) is 74.1 Å². The van der Waals surface area contributed by atoms with Gasteiger partial charge in [-0.25, -0.2) is 9.97 Å². The van der Waals surface area contributed by atoms with Gasteiger partial charge in [0.1, 0.15) is 6.54 Å². The van der Waals surface area contributed by atoms with Crippen LogP contribution in [0.4, 0.5) is 17.3 Å². The predicted octanol–water partition coefficient (Wildman–Crippen LogP) is 4.54. The van der Waals surface area contributed by atoms with Gasteiger partial charge in [0.15, 0.2) is 0 Å². The summed E-state index contributed by atoms with van der Waals surface area (Å²) in [4.78, 5) is 23.4. The molecule has 0 radical (unpaired) electrons. The fourth-order valence-electron chi connectivity index (χ4n) is 4.98. The monoisotopic (exact) mass is 482 g/mol. The Labute approximate surface area is 211 Å². The van der Waals surface area contributed by atoms with E-state index in [0.717, 1.165) is 36.6 Å². The summed E-state index contributed by atoms with van der Waals surface area (Å²) in [7, 11) is 0. The first-order chi connectivity index (χ1) is 17.7. The van der Waals surface area contributed by atoms with E-state index in [1.54, 1.807) is 18.3 Å². The third kappa shape index (κ3) is 5.64. The van der Waals surface area contributed by atoms with Crippen molar-refractivity contribution in [3.8, 4) is 17.3 Å². The Morgan fingerprint density at radius 1 is 1.06 bits per heavy atom. The summed E-state index contributed by atoms with van der Waals surface area (Å²) in [6.45, 7) is 3.06. The summed E-state index contributed by atoms with van der Waals surface area (Å²) in [5.41, 5.74) is 4.29. The molecule has 5 rings (SSSR count). The predicted molar refractivity (Wildman–Crippen MR) is 139 cm³/mol. The third-order valence-corrected chi connectivity index (χ3v) is 6.95. The summed E-state index contributed by atoms with van der Waals surface area (Å²) in [6.07, 6.45) is 7.00. The van der Waals surface area contributed by atoms with Crippen LogP contribution in [0.5, 0.6) is 0 Å². The highest BCUT2D eigenvalue weighted by molar-refractivity contribution is 5.94. The molecule has 1 unspecified atom stereocenters. The van der Waals surface area contributed by atoms with Crippen molar-refractivity contribution in [3.63, 3.8) is 0 Å². The molecule has 1 atom stereocenters. The van der Waals surface area contributed by atoms with Crippen LogP contribution in [-0.4, -0.2) is 48.2 Å². The van der Waals surface area contributed by atoms with Gasteiger partial charge in [-0.3, -0.25) is 4.79 Å². The van der Waals surface area contributed by atoms with Crippen molar-refractivity contribution in [2.24, 2.45) is 5.92 Å². The zero-order valence-corrected chi connectivity index (χ0v) is 20.2. The number of nitrogens with zero attached hydrogens (tertiary/aromatic N) is 4. The fourth-order valence-corrected chi connectivity index (χ4v) is 4.98. The number of piperidine rings is 1. The number of nitrogens with one attached hydrogen (secondary N) is 2. The summed E-state index contributed by atoms with van der Waals surface area (Å²) >= 11 is 0. The molecule has 2 saturated heterocycles. The van der Waals surface area contributed by atoms with E-state index in [1.807, 2.05) is 24.3 Å². The zero-order valence-electron chi connectivity index (χ0n) is 20.2. The van der Waals surface area contributed by atoms with Crippen molar-refractivity contribution < 1.29 is 9.53 Å². The number of ether oxygens (including phenoxy) is 1. The lowest BCUT2D eigenvalue weighted by Gasteiger charge is -2.35. The number of hydrogen-bond donors (Lipinski definition) is 2. The van der Waals surface area contributed by atoms with E-state index in [4.69, 9.17) is 10.00 Å². The fraction of sp³-hybridized carbons (Fsp3) is 0.357. The molecule has 0 bridgehead atoms. The molecule has 2 N–H and O–H groups in total. The first kappa shape index (κ1) is 23.8. The van der Waals surface area contributed by atoms with Gasteiger partial charge in [-0.15, -0.1) is 0 Å². The Hall–Kier alpha value is -3.96. The minimum Gasteiger partial charge on any atom is -0.378 e. The van der Waals surface area contributed by atoms with Crippen molar-refractivity contribution in [2.75, 3.05) is 36.5 Å². The van der Waals surface area contributed by atoms with Gasteiger partial charge in [0.25, 0.3) is 5.91 Å². The van der Waals surface area contributed by atoms with Crippen LogP contribution in [0, 0.1) is 17.2 Å². The molecule has 3 heterocycles. The van der Waals surface area contributed by atoms with Crippen LogP contribution in [0.15, 0.2) is 60.8 Å². The zero-order chi connectivity index (χ0) is 24.7. The van der Waals surface area contributed by atoms with Crippen molar-refractivity contribution in [1.82, 2.24) is 15.3 Å². The lowest BCUT2D eigenvalue weighted by atomic mass is 9.89. The highest BCUT2D eigenvalue weighted by Crippen LogP contribution is 2.31. The number of aromatic nitrogens is 2. The Bertz CT molecular complexity index is 1210. The third-order valence-electron chi connectivity index (χ3n) is 6.95. The van der Waals surface area contributed by atoms with E-state index in [9.17, 15) is 4.79 Å². The minimum absolute atomic E-state index is 0.0170. The largest absolute Gasteiger partial charge is 0.378 e. The summed E-state index contributed by atoms with van der Waals surface area (Å²) < 4.78 is 5.91. The van der Waals surface area contributed by atoms with Crippen LogP contribution in [0.3, 0.4) is 0 Å². The number of nitriles is 1. The van der Waals surface area contributed by atoms with Gasteiger partial charge in [-0.1, -0.05) is 12.1 Å². The molecule has 0 spiro atoms. The second-order valence-corrected chi connectivity index (χ2v) is 9.23. The molecule has 36 heavy (non-hydrogen) atoms. The standard InChI is InChI=1S/C28H30N6O2/c29-14-16-30-27(35)22-5-3-20(4-6-22)25-11-15-31-28(33-25)32-23-7-9-24(10-8-23)34-17-12-21(13-18-34)26-2-1-19-36-26/h3-11,15,21,26H,1-2,12-13,16-19H2,(H,30,35)(H,31,32,33). The lowest BCUT2D eigenvalue weighted by molar-refractivity contribution is 0.0531. The Kier molecular flexibility index (Phi) is 7.39. The van der Waals surface area contributed by atoms with E-state index in [0.29, 0.717) is 23.5 Å². The molecule has 8 heteroatoms. The molecule has 184 valence electrons. The van der Waals surface area contributed by atoms with Crippen molar-refractivity contribution in [2.45, 2.75) is 31.8 Å². The highest BCUT2D eigenvalue weighted by atomic mass is 16.5. The van der Waals surface area contributed by atoms with Crippen molar-refractivity contribution in [1.29, 1.82) is 5.26 Å². The van der Waals surface area contributed by atoms with Crippen molar-refractivity contribution >= 4 is 23.2 Å². The quantitative estimate of drug-likeness (QED) is 0.477. The molecular weight excluding hydrogens is 452 g/mol. The topological polar surface area (TPSA) is 103 Å². The van der Waals surface area contributed by atoms with E-state index in [-0.39, 0.29) is 12.5 Å². The Morgan fingerprint density at radius 2 is 1.83 bits per heavy atom. The maximum atomic E-state index is 12.0. The Balaban J connectivity index is 1.19. The van der Waals surface area contributed by atoms with Gasteiger partial charge in [0.2, 0.25) is 5.95 Å².